The molecule has 9 aromatic rings. The SMILES string of the molecule is CC(C)c1cc(-c2ccccc2)cc(C(C)C)c1-n1c(-c2cccc3c2oc2cc4c(ccc5ccccc54)cc23)nc2ccc3c(c21)C(C)(C)CCC3(C)C. The Morgan fingerprint density at radius 3 is 2.02 bits per heavy atom. The third kappa shape index (κ3) is 5.20. The van der Waals surface area contributed by atoms with Gasteiger partial charge in [-0.25, -0.2) is 4.98 Å². The third-order valence-corrected chi connectivity index (χ3v) is 12.9. The molecule has 56 heavy (non-hydrogen) atoms. The second kappa shape index (κ2) is 12.4. The highest BCUT2D eigenvalue weighted by atomic mass is 16.3. The maximum atomic E-state index is 7.05. The van der Waals surface area contributed by atoms with Crippen molar-refractivity contribution in [3.8, 4) is 28.2 Å². The highest BCUT2D eigenvalue weighted by molar-refractivity contribution is 6.17. The van der Waals surface area contributed by atoms with E-state index in [0.29, 0.717) is 0 Å². The molecule has 0 bridgehead atoms. The zero-order valence-electron chi connectivity index (χ0n) is 33.9. The molecule has 0 fully saturated rings. The monoisotopic (exact) mass is 730 g/mol. The largest absolute Gasteiger partial charge is 0.455 e. The first kappa shape index (κ1) is 34.8. The molecule has 1 aliphatic rings. The normalized spacial score (nSPS) is 15.2. The van der Waals surface area contributed by atoms with Crippen LogP contribution in [-0.4, -0.2) is 9.55 Å². The number of hydrogen-bond donors (Lipinski definition) is 0. The Hall–Kier alpha value is -5.67. The maximum absolute atomic E-state index is 7.05. The number of furan rings is 1. The molecule has 3 nitrogen and oxygen atoms in total. The Morgan fingerprint density at radius 1 is 0.589 bits per heavy atom. The fourth-order valence-electron chi connectivity index (χ4n) is 9.79. The molecule has 2 aromatic heterocycles. The highest BCUT2D eigenvalue weighted by Gasteiger charge is 2.40. The average molecular weight is 731 g/mol. The molecule has 0 spiro atoms. The Balaban J connectivity index is 1.35. The molecule has 7 aromatic carbocycles. The number of para-hydroxylation sites is 1. The predicted molar refractivity (Wildman–Crippen MR) is 238 cm³/mol. The quantitative estimate of drug-likeness (QED) is 0.165. The summed E-state index contributed by atoms with van der Waals surface area (Å²) in [5, 5.41) is 7.15. The van der Waals surface area contributed by atoms with E-state index < -0.39 is 0 Å². The van der Waals surface area contributed by atoms with Crippen LogP contribution in [0.1, 0.15) is 102 Å². The summed E-state index contributed by atoms with van der Waals surface area (Å²) < 4.78 is 9.62. The van der Waals surface area contributed by atoms with Crippen molar-refractivity contribution in [2.45, 2.75) is 90.9 Å². The minimum atomic E-state index is -0.0341. The minimum Gasteiger partial charge on any atom is -0.455 e. The van der Waals surface area contributed by atoms with Gasteiger partial charge in [-0.05, 0) is 127 Å². The van der Waals surface area contributed by atoms with E-state index in [-0.39, 0.29) is 22.7 Å². The van der Waals surface area contributed by atoms with Crippen LogP contribution >= 0.6 is 0 Å². The number of aromatic nitrogens is 2. The van der Waals surface area contributed by atoms with Gasteiger partial charge in [-0.15, -0.1) is 0 Å². The summed E-state index contributed by atoms with van der Waals surface area (Å²) in [5.41, 5.74) is 14.4. The molecule has 1 aliphatic carbocycles. The van der Waals surface area contributed by atoms with Gasteiger partial charge >= 0.3 is 0 Å². The summed E-state index contributed by atoms with van der Waals surface area (Å²) in [6, 6.07) is 44.7. The van der Waals surface area contributed by atoms with E-state index in [0.717, 1.165) is 51.7 Å². The molecule has 0 saturated heterocycles. The van der Waals surface area contributed by atoms with Crippen LogP contribution in [0.4, 0.5) is 0 Å². The Kier molecular flexibility index (Phi) is 7.71. The molecule has 0 saturated carbocycles. The standard InChI is InChI=1S/C53H50N2O/c1-31(2)40-28-36(33-15-10-9-11-16-33)29-41(32(3)4)48(40)55-49-45(24-23-44-47(49)53(7,8)26-25-52(44,5)6)54-51(55)39-20-14-19-38-43-27-35-22-21-34-17-12-13-18-37(34)42(35)30-46(43)56-50(38)39/h9-24,27-32H,25-26H2,1-8H3. The topological polar surface area (TPSA) is 31.0 Å². The Bertz CT molecular complexity index is 3000. The maximum Gasteiger partial charge on any atom is 0.149 e. The van der Waals surface area contributed by atoms with Crippen LogP contribution in [0, 0.1) is 0 Å². The molecule has 0 unspecified atom stereocenters. The summed E-state index contributed by atoms with van der Waals surface area (Å²) in [7, 11) is 0. The van der Waals surface area contributed by atoms with Crippen LogP contribution in [0.25, 0.3) is 82.7 Å². The average Bonchev–Trinajstić information content (AvgIpc) is 3.76. The smallest absolute Gasteiger partial charge is 0.149 e. The molecule has 0 aliphatic heterocycles. The van der Waals surface area contributed by atoms with Crippen molar-refractivity contribution >= 4 is 54.5 Å². The van der Waals surface area contributed by atoms with Crippen molar-refractivity contribution in [2.24, 2.45) is 0 Å². The van der Waals surface area contributed by atoms with E-state index in [4.69, 9.17) is 9.40 Å². The number of benzene rings is 7. The van der Waals surface area contributed by atoms with E-state index in [9.17, 15) is 0 Å². The lowest BCUT2D eigenvalue weighted by Crippen LogP contribution is -2.34. The van der Waals surface area contributed by atoms with E-state index in [1.54, 1.807) is 0 Å². The van der Waals surface area contributed by atoms with Crippen LogP contribution in [0.15, 0.2) is 126 Å². The molecule has 10 rings (SSSR count). The molecule has 0 N–H and O–H groups in total. The molecule has 0 amide bonds. The van der Waals surface area contributed by atoms with Gasteiger partial charge in [0, 0.05) is 10.8 Å². The zero-order chi connectivity index (χ0) is 38.7. The lowest BCUT2D eigenvalue weighted by atomic mass is 9.63. The van der Waals surface area contributed by atoms with Crippen molar-refractivity contribution < 1.29 is 4.42 Å². The molecule has 3 heteroatoms. The van der Waals surface area contributed by atoms with Crippen molar-refractivity contribution in [2.75, 3.05) is 0 Å². The number of rotatable bonds is 5. The predicted octanol–water partition coefficient (Wildman–Crippen LogP) is 15.2. The molecule has 0 atom stereocenters. The van der Waals surface area contributed by atoms with Crippen LogP contribution in [-0.2, 0) is 10.8 Å². The molecule has 2 heterocycles. The fourth-order valence-corrected chi connectivity index (χ4v) is 9.79. The van der Waals surface area contributed by atoms with Crippen LogP contribution in [0.2, 0.25) is 0 Å². The third-order valence-electron chi connectivity index (χ3n) is 12.9. The highest BCUT2D eigenvalue weighted by Crippen LogP contribution is 2.51. The number of imidazole rings is 1. The van der Waals surface area contributed by atoms with Gasteiger partial charge in [0.2, 0.25) is 0 Å². The molecule has 0 radical (unpaired) electrons. The molecular weight excluding hydrogens is 681 g/mol. The zero-order valence-corrected chi connectivity index (χ0v) is 33.9. The Labute approximate surface area is 330 Å². The first-order valence-electron chi connectivity index (χ1n) is 20.5. The second-order valence-corrected chi connectivity index (χ2v) is 18.2. The van der Waals surface area contributed by atoms with Crippen LogP contribution < -0.4 is 0 Å². The summed E-state index contributed by atoms with van der Waals surface area (Å²) in [4.78, 5) is 5.68. The molecular formula is C53H50N2O. The minimum absolute atomic E-state index is 0.0341. The number of fused-ring (bicyclic) bond motifs is 9. The van der Waals surface area contributed by atoms with E-state index >= 15 is 0 Å². The van der Waals surface area contributed by atoms with Gasteiger partial charge in [-0.1, -0.05) is 140 Å². The van der Waals surface area contributed by atoms with Gasteiger partial charge in [0.15, 0.2) is 0 Å². The summed E-state index contributed by atoms with van der Waals surface area (Å²) >= 11 is 0. The fraction of sp³-hybridized carbons (Fsp3) is 0.264. The second-order valence-electron chi connectivity index (χ2n) is 18.2. The van der Waals surface area contributed by atoms with Gasteiger partial charge in [-0.2, -0.15) is 0 Å². The summed E-state index contributed by atoms with van der Waals surface area (Å²) in [6.45, 7) is 19.1. The van der Waals surface area contributed by atoms with E-state index in [1.807, 2.05) is 0 Å². The first-order chi connectivity index (χ1) is 26.9. The van der Waals surface area contributed by atoms with Crippen LogP contribution in [0.5, 0.6) is 0 Å². The molecule has 278 valence electrons. The number of hydrogen-bond acceptors (Lipinski definition) is 2. The van der Waals surface area contributed by atoms with Crippen molar-refractivity contribution in [1.29, 1.82) is 0 Å². The van der Waals surface area contributed by atoms with Gasteiger partial charge in [0.25, 0.3) is 0 Å². The number of nitrogens with zero attached hydrogens (tertiary/aromatic N) is 2. The van der Waals surface area contributed by atoms with Gasteiger partial charge in [0.1, 0.15) is 17.0 Å². The van der Waals surface area contributed by atoms with Crippen LogP contribution in [0.3, 0.4) is 0 Å². The Morgan fingerprint density at radius 2 is 1.27 bits per heavy atom. The van der Waals surface area contributed by atoms with Crippen molar-refractivity contribution in [3.63, 3.8) is 0 Å². The van der Waals surface area contributed by atoms with E-state index in [2.05, 4.69) is 181 Å². The summed E-state index contributed by atoms with van der Waals surface area (Å²) in [5.74, 6) is 1.47. The van der Waals surface area contributed by atoms with E-state index in [1.165, 1.54) is 66.1 Å². The first-order valence-corrected chi connectivity index (χ1v) is 20.5. The van der Waals surface area contributed by atoms with Crippen molar-refractivity contribution in [1.82, 2.24) is 9.55 Å². The van der Waals surface area contributed by atoms with Crippen molar-refractivity contribution in [3.05, 3.63) is 144 Å². The van der Waals surface area contributed by atoms with Gasteiger partial charge < -0.3 is 4.42 Å². The summed E-state index contributed by atoms with van der Waals surface area (Å²) in [6.07, 6.45) is 2.27. The lowest BCUT2D eigenvalue weighted by Gasteiger charge is -2.42. The van der Waals surface area contributed by atoms with Gasteiger partial charge in [-0.3, -0.25) is 4.57 Å². The van der Waals surface area contributed by atoms with Gasteiger partial charge in [0.05, 0.1) is 22.3 Å². The lowest BCUT2D eigenvalue weighted by molar-refractivity contribution is 0.334.